The van der Waals surface area contributed by atoms with Gasteiger partial charge in [0.25, 0.3) is 0 Å². The van der Waals surface area contributed by atoms with Crippen molar-refractivity contribution in [1.82, 2.24) is 0 Å². The molecule has 2 heterocycles. The number of hydrogen-bond acceptors (Lipinski definition) is 6. The normalized spacial score (nSPS) is 22.6. The van der Waals surface area contributed by atoms with Crippen molar-refractivity contribution in [3.05, 3.63) is 58.1 Å². The Hall–Kier alpha value is -2.12. The van der Waals surface area contributed by atoms with Crippen molar-refractivity contribution in [3.63, 3.8) is 0 Å². The van der Waals surface area contributed by atoms with Crippen LogP contribution in [0.5, 0.6) is 5.75 Å². The fourth-order valence-corrected chi connectivity index (χ4v) is 4.16. The van der Waals surface area contributed by atoms with Gasteiger partial charge < -0.3 is 29.4 Å². The lowest BCUT2D eigenvalue weighted by Crippen LogP contribution is -2.33. The number of likely N-dealkylation sites (N-methyl/N-ethyl adjacent to an activating group) is 1. The van der Waals surface area contributed by atoms with Gasteiger partial charge in [0, 0.05) is 24.9 Å². The largest absolute Gasteiger partial charge is 0.490 e. The van der Waals surface area contributed by atoms with Crippen molar-refractivity contribution in [1.29, 1.82) is 0 Å². The number of benzene rings is 2. The number of hydrogen-bond donors (Lipinski definition) is 2. The average molecular weight is 448 g/mol. The first-order valence-corrected chi connectivity index (χ1v) is 10.9. The number of fused-ring (bicyclic) bond motifs is 1. The monoisotopic (exact) mass is 447 g/mol. The van der Waals surface area contributed by atoms with Crippen molar-refractivity contribution in [2.75, 3.05) is 31.7 Å². The molecule has 0 aliphatic carbocycles. The maximum absolute atomic E-state index is 10.1. The minimum Gasteiger partial charge on any atom is -0.490 e. The summed E-state index contributed by atoms with van der Waals surface area (Å²) in [5, 5.41) is 20.2. The van der Waals surface area contributed by atoms with Gasteiger partial charge in [0.15, 0.2) is 0 Å². The minimum absolute atomic E-state index is 0.0846. The molecule has 0 aromatic heterocycles. The first kappa shape index (κ1) is 23.5. The van der Waals surface area contributed by atoms with Crippen molar-refractivity contribution in [2.24, 2.45) is 0 Å². The summed E-state index contributed by atoms with van der Waals surface area (Å²) in [6.45, 7) is 2.94. The van der Waals surface area contributed by atoms with Gasteiger partial charge in [-0.2, -0.15) is 0 Å². The lowest BCUT2D eigenvalue weighted by atomic mass is 9.94. The van der Waals surface area contributed by atoms with Gasteiger partial charge in [-0.05, 0) is 48.2 Å². The molecule has 3 atom stereocenters. The van der Waals surface area contributed by atoms with Gasteiger partial charge in [0.05, 0.1) is 37.2 Å². The van der Waals surface area contributed by atoms with Crippen LogP contribution in [-0.2, 0) is 16.0 Å². The number of carbonyl (C=O) groups excluding carboxylic acids is 1. The van der Waals surface area contributed by atoms with Crippen LogP contribution >= 0.6 is 11.6 Å². The zero-order chi connectivity index (χ0) is 22.4. The molecule has 2 aromatic rings. The molecule has 2 aliphatic heterocycles. The van der Waals surface area contributed by atoms with E-state index >= 15 is 0 Å². The Morgan fingerprint density at radius 2 is 2.00 bits per heavy atom. The Balaban J connectivity index is 0.000000858. The molecule has 2 N–H and O–H groups in total. The van der Waals surface area contributed by atoms with E-state index in [9.17, 15) is 10.2 Å². The summed E-state index contributed by atoms with van der Waals surface area (Å²) in [5.74, 6) is 0.914. The van der Waals surface area contributed by atoms with Gasteiger partial charge in [0.2, 0.25) is 0 Å². The van der Waals surface area contributed by atoms with Crippen LogP contribution in [0, 0.1) is 0 Å². The number of anilines is 1. The molecule has 1 saturated heterocycles. The molecule has 3 unspecified atom stereocenters. The van der Waals surface area contributed by atoms with Gasteiger partial charge >= 0.3 is 0 Å². The van der Waals surface area contributed by atoms with Crippen LogP contribution in [-0.4, -0.2) is 55.5 Å². The topological polar surface area (TPSA) is 79.2 Å². The summed E-state index contributed by atoms with van der Waals surface area (Å²) in [5.41, 5.74) is 4.26. The summed E-state index contributed by atoms with van der Waals surface area (Å²) in [6.07, 6.45) is 1.42. The number of nitrogens with zero attached hydrogens (tertiary/aromatic N) is 1. The van der Waals surface area contributed by atoms with Gasteiger partial charge in [-0.1, -0.05) is 29.8 Å². The third kappa shape index (κ3) is 5.98. The summed E-state index contributed by atoms with van der Waals surface area (Å²) < 4.78 is 11.7. The maximum atomic E-state index is 10.1. The predicted octanol–water partition coefficient (Wildman–Crippen LogP) is 3.54. The van der Waals surface area contributed by atoms with E-state index in [1.807, 2.05) is 18.2 Å². The number of aldehydes is 1. The van der Waals surface area contributed by atoms with E-state index in [2.05, 4.69) is 30.1 Å². The van der Waals surface area contributed by atoms with E-state index in [0.717, 1.165) is 41.0 Å². The highest BCUT2D eigenvalue weighted by atomic mass is 35.5. The second kappa shape index (κ2) is 11.0. The van der Waals surface area contributed by atoms with Crippen molar-refractivity contribution in [3.8, 4) is 5.75 Å². The van der Waals surface area contributed by atoms with Crippen molar-refractivity contribution < 1.29 is 24.5 Å². The Morgan fingerprint density at radius 3 is 2.74 bits per heavy atom. The van der Waals surface area contributed by atoms with E-state index in [1.54, 1.807) is 0 Å². The van der Waals surface area contributed by atoms with Crippen LogP contribution in [0.1, 0.15) is 42.6 Å². The Morgan fingerprint density at radius 1 is 1.23 bits per heavy atom. The predicted molar refractivity (Wildman–Crippen MR) is 121 cm³/mol. The Labute approximate surface area is 188 Å². The summed E-state index contributed by atoms with van der Waals surface area (Å²) in [4.78, 5) is 11.0. The number of ether oxygens (including phenoxy) is 2. The smallest absolute Gasteiger partial charge is 0.142 e. The number of halogens is 1. The Bertz CT molecular complexity index is 890. The molecule has 7 heteroatoms. The van der Waals surface area contributed by atoms with Gasteiger partial charge in [-0.15, -0.1) is 0 Å². The third-order valence-electron chi connectivity index (χ3n) is 5.54. The second-order valence-electron chi connectivity index (χ2n) is 7.89. The molecule has 0 spiro atoms. The lowest BCUT2D eigenvalue weighted by Gasteiger charge is -2.32. The van der Waals surface area contributed by atoms with Crippen LogP contribution in [0.4, 0.5) is 5.69 Å². The van der Waals surface area contributed by atoms with Crippen LogP contribution in [0.2, 0.25) is 5.02 Å². The second-order valence-corrected chi connectivity index (χ2v) is 8.30. The molecule has 0 radical (unpaired) electrons. The molecule has 2 aromatic carbocycles. The number of rotatable bonds is 4. The van der Waals surface area contributed by atoms with Gasteiger partial charge in [-0.3, -0.25) is 0 Å². The maximum Gasteiger partial charge on any atom is 0.142 e. The standard InChI is InChI=1S/C22H26ClNO4.C2H4O/c1-24-6-7-27-21-5-2-14(9-20(21)24)8-16-10-15(3-4-19(16)23)22-12-17(26)11-18(13-25)28-22;1-2-3/h2-5,9-10,17-18,22,25-26H,6-8,11-13H2,1H3;2H,1H3. The molecular formula is C24H30ClNO5. The fourth-order valence-electron chi connectivity index (χ4n) is 3.98. The third-order valence-corrected chi connectivity index (χ3v) is 5.91. The highest BCUT2D eigenvalue weighted by molar-refractivity contribution is 6.31. The zero-order valence-electron chi connectivity index (χ0n) is 18.0. The first-order valence-electron chi connectivity index (χ1n) is 10.5. The molecule has 2 aliphatic rings. The van der Waals surface area contributed by atoms with Gasteiger partial charge in [-0.25, -0.2) is 0 Å². The van der Waals surface area contributed by atoms with Crippen LogP contribution in [0.3, 0.4) is 0 Å². The lowest BCUT2D eigenvalue weighted by molar-refractivity contribution is -0.113. The van der Waals surface area contributed by atoms with Crippen LogP contribution in [0.15, 0.2) is 36.4 Å². The average Bonchev–Trinajstić information content (AvgIpc) is 2.76. The molecule has 168 valence electrons. The molecule has 31 heavy (non-hydrogen) atoms. The Kier molecular flexibility index (Phi) is 8.32. The highest BCUT2D eigenvalue weighted by Crippen LogP contribution is 2.35. The van der Waals surface area contributed by atoms with E-state index in [1.165, 1.54) is 6.92 Å². The molecule has 0 bridgehead atoms. The first-order chi connectivity index (χ1) is 14.9. The van der Waals surface area contributed by atoms with Gasteiger partial charge in [0.1, 0.15) is 18.6 Å². The van der Waals surface area contributed by atoms with Crippen LogP contribution < -0.4 is 9.64 Å². The highest BCUT2D eigenvalue weighted by Gasteiger charge is 2.29. The summed E-state index contributed by atoms with van der Waals surface area (Å²) in [7, 11) is 2.07. The van der Waals surface area contributed by atoms with E-state index in [4.69, 9.17) is 25.9 Å². The van der Waals surface area contributed by atoms with E-state index < -0.39 is 6.10 Å². The summed E-state index contributed by atoms with van der Waals surface area (Å²) >= 11 is 6.48. The SMILES string of the molecule is CC=O.CN1CCOc2ccc(Cc3cc(C4CC(O)CC(CO)O4)ccc3Cl)cc21. The summed E-state index contributed by atoms with van der Waals surface area (Å²) in [6, 6.07) is 12.1. The molecule has 0 amide bonds. The van der Waals surface area contributed by atoms with E-state index in [-0.39, 0.29) is 18.8 Å². The van der Waals surface area contributed by atoms with Crippen molar-refractivity contribution >= 4 is 23.6 Å². The molecular weight excluding hydrogens is 418 g/mol. The number of carbonyl (C=O) groups is 1. The number of aliphatic hydroxyl groups is 2. The number of aliphatic hydroxyl groups excluding tert-OH is 2. The zero-order valence-corrected chi connectivity index (χ0v) is 18.7. The molecule has 4 rings (SSSR count). The molecule has 0 saturated carbocycles. The van der Waals surface area contributed by atoms with Crippen LogP contribution in [0.25, 0.3) is 0 Å². The molecule has 1 fully saturated rings. The quantitative estimate of drug-likeness (QED) is 0.698. The van der Waals surface area contributed by atoms with E-state index in [0.29, 0.717) is 30.9 Å². The molecule has 6 nitrogen and oxygen atoms in total. The van der Waals surface area contributed by atoms with Crippen molar-refractivity contribution in [2.45, 2.75) is 44.5 Å². The minimum atomic E-state index is -0.466. The fraction of sp³-hybridized carbons (Fsp3) is 0.458.